The lowest BCUT2D eigenvalue weighted by molar-refractivity contribution is -0.138. The standard InChI is InChI=1S/C15H18BrNO3/c1-10-4-5-12(16)11(8-10)14(20)17-15(9-13(18)19)6-2-3-7-15/h4-5,8H,2-3,6-7,9H2,1H3,(H,17,20)(H,18,19). The molecule has 5 heteroatoms. The second-order valence-corrected chi connectivity index (χ2v) is 6.35. The van der Waals surface area contributed by atoms with Gasteiger partial charge in [0.2, 0.25) is 0 Å². The molecular formula is C15H18BrNO3. The Kier molecular flexibility index (Phi) is 4.48. The first-order chi connectivity index (χ1) is 9.42. The number of benzene rings is 1. The van der Waals surface area contributed by atoms with Crippen molar-refractivity contribution in [2.24, 2.45) is 0 Å². The first-order valence-corrected chi connectivity index (χ1v) is 7.52. The molecule has 1 aromatic carbocycles. The van der Waals surface area contributed by atoms with Crippen LogP contribution in [-0.4, -0.2) is 22.5 Å². The van der Waals surface area contributed by atoms with Crippen molar-refractivity contribution in [3.8, 4) is 0 Å². The molecule has 1 fully saturated rings. The van der Waals surface area contributed by atoms with E-state index in [4.69, 9.17) is 5.11 Å². The van der Waals surface area contributed by atoms with Crippen LogP contribution in [0.1, 0.15) is 48.0 Å². The molecule has 0 radical (unpaired) electrons. The molecule has 1 aliphatic carbocycles. The molecule has 4 nitrogen and oxygen atoms in total. The van der Waals surface area contributed by atoms with Gasteiger partial charge in [0.25, 0.3) is 5.91 Å². The molecule has 1 aromatic rings. The summed E-state index contributed by atoms with van der Waals surface area (Å²) in [6.45, 7) is 1.92. The summed E-state index contributed by atoms with van der Waals surface area (Å²) in [5, 5.41) is 12.0. The topological polar surface area (TPSA) is 66.4 Å². The highest BCUT2D eigenvalue weighted by Crippen LogP contribution is 2.33. The maximum atomic E-state index is 12.4. The number of halogens is 1. The minimum Gasteiger partial charge on any atom is -0.481 e. The second-order valence-electron chi connectivity index (χ2n) is 5.50. The number of aliphatic carboxylic acids is 1. The highest BCUT2D eigenvalue weighted by molar-refractivity contribution is 9.10. The lowest BCUT2D eigenvalue weighted by atomic mass is 9.92. The molecule has 108 valence electrons. The van der Waals surface area contributed by atoms with E-state index in [-0.39, 0.29) is 12.3 Å². The van der Waals surface area contributed by atoms with Crippen molar-refractivity contribution >= 4 is 27.8 Å². The van der Waals surface area contributed by atoms with E-state index in [0.717, 1.165) is 35.7 Å². The van der Waals surface area contributed by atoms with E-state index in [1.807, 2.05) is 25.1 Å². The number of carboxylic acids is 1. The fraction of sp³-hybridized carbons (Fsp3) is 0.467. The average molecular weight is 340 g/mol. The van der Waals surface area contributed by atoms with Crippen LogP contribution >= 0.6 is 15.9 Å². The Hall–Kier alpha value is -1.36. The predicted molar refractivity (Wildman–Crippen MR) is 79.8 cm³/mol. The smallest absolute Gasteiger partial charge is 0.305 e. The molecule has 1 aliphatic rings. The highest BCUT2D eigenvalue weighted by Gasteiger charge is 2.37. The van der Waals surface area contributed by atoms with E-state index in [1.54, 1.807) is 0 Å². The van der Waals surface area contributed by atoms with Gasteiger partial charge in [0, 0.05) is 4.47 Å². The Balaban J connectivity index is 2.20. The molecule has 1 amide bonds. The van der Waals surface area contributed by atoms with Crippen LogP contribution in [0.15, 0.2) is 22.7 Å². The third kappa shape index (κ3) is 3.39. The van der Waals surface area contributed by atoms with E-state index in [0.29, 0.717) is 5.56 Å². The number of nitrogens with one attached hydrogen (secondary N) is 1. The summed E-state index contributed by atoms with van der Waals surface area (Å²) >= 11 is 3.37. The van der Waals surface area contributed by atoms with Gasteiger partial charge in [-0.15, -0.1) is 0 Å². The van der Waals surface area contributed by atoms with Gasteiger partial charge in [-0.2, -0.15) is 0 Å². The number of carboxylic acid groups (broad SMARTS) is 1. The van der Waals surface area contributed by atoms with Crippen LogP contribution in [0.5, 0.6) is 0 Å². The molecule has 0 saturated heterocycles. The first kappa shape index (κ1) is 15.0. The number of hydrogen-bond acceptors (Lipinski definition) is 2. The Morgan fingerprint density at radius 2 is 2.00 bits per heavy atom. The monoisotopic (exact) mass is 339 g/mol. The van der Waals surface area contributed by atoms with Gasteiger partial charge < -0.3 is 10.4 Å². The maximum Gasteiger partial charge on any atom is 0.305 e. The van der Waals surface area contributed by atoms with E-state index in [1.165, 1.54) is 0 Å². The summed E-state index contributed by atoms with van der Waals surface area (Å²) in [6.07, 6.45) is 3.37. The van der Waals surface area contributed by atoms with E-state index < -0.39 is 11.5 Å². The third-order valence-corrected chi connectivity index (χ3v) is 4.49. The summed E-state index contributed by atoms with van der Waals surface area (Å²) in [7, 11) is 0. The average Bonchev–Trinajstić information content (AvgIpc) is 2.79. The lowest BCUT2D eigenvalue weighted by Crippen LogP contribution is -2.47. The zero-order valence-electron chi connectivity index (χ0n) is 11.4. The Morgan fingerprint density at radius 1 is 1.35 bits per heavy atom. The Morgan fingerprint density at radius 3 is 2.60 bits per heavy atom. The van der Waals surface area contributed by atoms with Gasteiger partial charge in [-0.3, -0.25) is 9.59 Å². The van der Waals surface area contributed by atoms with Gasteiger partial charge in [-0.05, 0) is 47.8 Å². The fourth-order valence-corrected chi connectivity index (χ4v) is 3.24. The largest absolute Gasteiger partial charge is 0.481 e. The fourth-order valence-electron chi connectivity index (χ4n) is 2.81. The number of hydrogen-bond donors (Lipinski definition) is 2. The molecule has 0 aliphatic heterocycles. The Labute approximate surface area is 126 Å². The van der Waals surface area contributed by atoms with Gasteiger partial charge in [0.1, 0.15) is 0 Å². The number of rotatable bonds is 4. The predicted octanol–water partition coefficient (Wildman–Crippen LogP) is 3.27. The summed E-state index contributed by atoms with van der Waals surface area (Å²) < 4.78 is 0.726. The molecule has 0 aromatic heterocycles. The minimum atomic E-state index is -0.865. The van der Waals surface area contributed by atoms with Crippen LogP contribution < -0.4 is 5.32 Å². The van der Waals surface area contributed by atoms with E-state index in [2.05, 4.69) is 21.2 Å². The SMILES string of the molecule is Cc1ccc(Br)c(C(=O)NC2(CC(=O)O)CCCC2)c1. The van der Waals surface area contributed by atoms with Gasteiger partial charge >= 0.3 is 5.97 Å². The molecule has 2 rings (SSSR count). The molecule has 20 heavy (non-hydrogen) atoms. The summed E-state index contributed by atoms with van der Waals surface area (Å²) in [6, 6.07) is 5.56. The van der Waals surface area contributed by atoms with Gasteiger partial charge in [0.05, 0.1) is 17.5 Å². The normalized spacial score (nSPS) is 16.9. The van der Waals surface area contributed by atoms with E-state index in [9.17, 15) is 9.59 Å². The van der Waals surface area contributed by atoms with E-state index >= 15 is 0 Å². The molecule has 0 heterocycles. The summed E-state index contributed by atoms with van der Waals surface area (Å²) in [5.74, 6) is -1.07. The quantitative estimate of drug-likeness (QED) is 0.884. The number of carbonyl (C=O) groups excluding carboxylic acids is 1. The number of aryl methyl sites for hydroxylation is 1. The van der Waals surface area contributed by atoms with Gasteiger partial charge in [-0.1, -0.05) is 24.5 Å². The van der Waals surface area contributed by atoms with Crippen molar-refractivity contribution in [2.75, 3.05) is 0 Å². The van der Waals surface area contributed by atoms with Crippen molar-refractivity contribution in [2.45, 2.75) is 44.6 Å². The van der Waals surface area contributed by atoms with Gasteiger partial charge in [-0.25, -0.2) is 0 Å². The zero-order chi connectivity index (χ0) is 14.8. The van der Waals surface area contributed by atoms with Crippen LogP contribution in [0.4, 0.5) is 0 Å². The van der Waals surface area contributed by atoms with Crippen molar-refractivity contribution in [1.29, 1.82) is 0 Å². The summed E-state index contributed by atoms with van der Waals surface area (Å²) in [4.78, 5) is 23.5. The molecule has 0 atom stereocenters. The zero-order valence-corrected chi connectivity index (χ0v) is 13.0. The number of carbonyl (C=O) groups is 2. The van der Waals surface area contributed by atoms with Crippen LogP contribution in [0.3, 0.4) is 0 Å². The van der Waals surface area contributed by atoms with Gasteiger partial charge in [0.15, 0.2) is 0 Å². The maximum absolute atomic E-state index is 12.4. The van der Waals surface area contributed by atoms with Crippen LogP contribution in [0.2, 0.25) is 0 Å². The second kappa shape index (κ2) is 5.95. The molecule has 0 unspecified atom stereocenters. The van der Waals surface area contributed by atoms with Crippen LogP contribution in [-0.2, 0) is 4.79 Å². The minimum absolute atomic E-state index is 0.0117. The third-order valence-electron chi connectivity index (χ3n) is 3.80. The van der Waals surface area contributed by atoms with Crippen LogP contribution in [0.25, 0.3) is 0 Å². The highest BCUT2D eigenvalue weighted by atomic mass is 79.9. The molecule has 2 N–H and O–H groups in total. The van der Waals surface area contributed by atoms with Crippen molar-refractivity contribution < 1.29 is 14.7 Å². The van der Waals surface area contributed by atoms with Crippen molar-refractivity contribution in [1.82, 2.24) is 5.32 Å². The molecule has 0 bridgehead atoms. The lowest BCUT2D eigenvalue weighted by Gasteiger charge is -2.29. The summed E-state index contributed by atoms with van der Waals surface area (Å²) in [5.41, 5.74) is 0.963. The molecule has 0 spiro atoms. The Bertz CT molecular complexity index is 536. The number of amides is 1. The van der Waals surface area contributed by atoms with Crippen molar-refractivity contribution in [3.05, 3.63) is 33.8 Å². The first-order valence-electron chi connectivity index (χ1n) is 6.72. The van der Waals surface area contributed by atoms with Crippen molar-refractivity contribution in [3.63, 3.8) is 0 Å². The molecular weight excluding hydrogens is 322 g/mol. The van der Waals surface area contributed by atoms with Crippen LogP contribution in [0, 0.1) is 6.92 Å². The molecule has 1 saturated carbocycles.